The number of nitriles is 1. The van der Waals surface area contributed by atoms with Crippen molar-refractivity contribution >= 4 is 17.7 Å². The summed E-state index contributed by atoms with van der Waals surface area (Å²) < 4.78 is 22.8. The van der Waals surface area contributed by atoms with Crippen LogP contribution in [0.1, 0.15) is 23.6 Å². The molecule has 40 heavy (non-hydrogen) atoms. The Bertz CT molecular complexity index is 1470. The molecule has 0 saturated heterocycles. The zero-order valence-corrected chi connectivity index (χ0v) is 22.4. The van der Waals surface area contributed by atoms with Gasteiger partial charge in [0.05, 0.1) is 13.7 Å². The molecule has 0 atom stereocenters. The highest BCUT2D eigenvalue weighted by atomic mass is 16.5. The van der Waals surface area contributed by atoms with E-state index in [9.17, 15) is 10.1 Å². The first-order valence-corrected chi connectivity index (χ1v) is 12.8. The van der Waals surface area contributed by atoms with Crippen molar-refractivity contribution in [2.45, 2.75) is 20.1 Å². The van der Waals surface area contributed by atoms with Crippen LogP contribution in [-0.2, 0) is 18.0 Å². The second-order valence-corrected chi connectivity index (χ2v) is 8.70. The number of nitrogens with zero attached hydrogens (tertiary/aromatic N) is 1. The summed E-state index contributed by atoms with van der Waals surface area (Å²) in [7, 11) is 1.57. The molecule has 1 amide bonds. The van der Waals surface area contributed by atoms with Crippen molar-refractivity contribution in [2.24, 2.45) is 0 Å². The number of benzene rings is 4. The summed E-state index contributed by atoms with van der Waals surface area (Å²) >= 11 is 0. The lowest BCUT2D eigenvalue weighted by atomic mass is 10.1. The van der Waals surface area contributed by atoms with Crippen molar-refractivity contribution in [3.8, 4) is 29.1 Å². The topological polar surface area (TPSA) is 89.8 Å². The van der Waals surface area contributed by atoms with Crippen LogP contribution in [0, 0.1) is 11.3 Å². The molecule has 0 fully saturated rings. The lowest BCUT2D eigenvalue weighted by Crippen LogP contribution is -2.13. The molecular weight excluding hydrogens is 504 g/mol. The fourth-order valence-corrected chi connectivity index (χ4v) is 3.78. The van der Waals surface area contributed by atoms with Crippen molar-refractivity contribution in [3.05, 3.63) is 119 Å². The summed E-state index contributed by atoms with van der Waals surface area (Å²) in [6, 6.07) is 31.7. The maximum absolute atomic E-state index is 12.6. The Morgan fingerprint density at radius 3 is 2.17 bits per heavy atom. The van der Waals surface area contributed by atoms with E-state index >= 15 is 0 Å². The summed E-state index contributed by atoms with van der Waals surface area (Å²) in [4.78, 5) is 12.6. The van der Waals surface area contributed by atoms with Gasteiger partial charge in [0.1, 0.15) is 36.4 Å². The van der Waals surface area contributed by atoms with E-state index in [4.69, 9.17) is 18.9 Å². The normalized spacial score (nSPS) is 10.8. The van der Waals surface area contributed by atoms with Crippen molar-refractivity contribution < 1.29 is 23.7 Å². The van der Waals surface area contributed by atoms with Gasteiger partial charge in [-0.25, -0.2) is 0 Å². The minimum atomic E-state index is -0.491. The van der Waals surface area contributed by atoms with Gasteiger partial charge in [-0.05, 0) is 78.2 Å². The van der Waals surface area contributed by atoms with E-state index in [2.05, 4.69) is 5.32 Å². The summed E-state index contributed by atoms with van der Waals surface area (Å²) in [6.07, 6.45) is 1.53. The van der Waals surface area contributed by atoms with Crippen LogP contribution in [0.5, 0.6) is 23.0 Å². The zero-order chi connectivity index (χ0) is 28.2. The van der Waals surface area contributed by atoms with Crippen molar-refractivity contribution in [1.82, 2.24) is 0 Å². The highest BCUT2D eigenvalue weighted by Crippen LogP contribution is 2.30. The molecule has 202 valence electrons. The minimum absolute atomic E-state index is 0.0116. The molecule has 0 heterocycles. The third kappa shape index (κ3) is 7.89. The summed E-state index contributed by atoms with van der Waals surface area (Å²) in [5, 5.41) is 12.2. The van der Waals surface area contributed by atoms with E-state index < -0.39 is 5.91 Å². The Morgan fingerprint density at radius 1 is 0.800 bits per heavy atom. The number of anilines is 1. The van der Waals surface area contributed by atoms with Gasteiger partial charge in [-0.2, -0.15) is 5.26 Å². The van der Waals surface area contributed by atoms with E-state index in [0.717, 1.165) is 11.1 Å². The number of nitrogens with one attached hydrogen (secondary N) is 1. The summed E-state index contributed by atoms with van der Waals surface area (Å²) in [5.41, 5.74) is 3.27. The maximum Gasteiger partial charge on any atom is 0.266 e. The summed E-state index contributed by atoms with van der Waals surface area (Å²) in [5.74, 6) is 2.18. The quantitative estimate of drug-likeness (QED) is 0.159. The van der Waals surface area contributed by atoms with Gasteiger partial charge >= 0.3 is 0 Å². The number of hydrogen-bond donors (Lipinski definition) is 1. The lowest BCUT2D eigenvalue weighted by molar-refractivity contribution is -0.112. The van der Waals surface area contributed by atoms with Crippen molar-refractivity contribution in [2.75, 3.05) is 19.0 Å². The third-order valence-electron chi connectivity index (χ3n) is 5.85. The Hall–Kier alpha value is -5.22. The Labute approximate surface area is 234 Å². The number of hydrogen-bond acceptors (Lipinski definition) is 6. The molecule has 0 aliphatic heterocycles. The molecule has 7 heteroatoms. The highest BCUT2D eigenvalue weighted by molar-refractivity contribution is 6.09. The Kier molecular flexibility index (Phi) is 9.78. The van der Waals surface area contributed by atoms with E-state index in [1.807, 2.05) is 61.5 Å². The van der Waals surface area contributed by atoms with Crippen LogP contribution in [-0.4, -0.2) is 19.6 Å². The van der Waals surface area contributed by atoms with Crippen LogP contribution in [0.4, 0.5) is 5.69 Å². The largest absolute Gasteiger partial charge is 0.497 e. The third-order valence-corrected chi connectivity index (χ3v) is 5.85. The molecule has 0 spiro atoms. The predicted octanol–water partition coefficient (Wildman–Crippen LogP) is 6.80. The Morgan fingerprint density at radius 2 is 1.50 bits per heavy atom. The molecule has 0 saturated carbocycles. The summed E-state index contributed by atoms with van der Waals surface area (Å²) in [6.45, 7) is 3.24. The van der Waals surface area contributed by atoms with Gasteiger partial charge in [0, 0.05) is 5.69 Å². The highest BCUT2D eigenvalue weighted by Gasteiger charge is 2.11. The second-order valence-electron chi connectivity index (χ2n) is 8.70. The standard InChI is InChI=1S/C33H30N2O5/c1-3-38-32-20-26(11-18-31(32)40-22-25-7-5-4-6-8-25)23-39-30-14-9-24(10-15-30)19-27(21-34)33(36)35-28-12-16-29(37-2)17-13-28/h4-20H,3,22-23H2,1-2H3,(H,35,36)/b27-19-. The van der Waals surface area contributed by atoms with Crippen molar-refractivity contribution in [3.63, 3.8) is 0 Å². The molecular formula is C33H30N2O5. The zero-order valence-electron chi connectivity index (χ0n) is 22.4. The maximum atomic E-state index is 12.6. The first kappa shape index (κ1) is 27.8. The van der Waals surface area contributed by atoms with Gasteiger partial charge in [-0.3, -0.25) is 4.79 Å². The molecule has 0 aromatic heterocycles. The average Bonchev–Trinajstić information content (AvgIpc) is 3.00. The van der Waals surface area contributed by atoms with Crippen molar-refractivity contribution in [1.29, 1.82) is 5.26 Å². The molecule has 0 bridgehead atoms. The second kappa shape index (κ2) is 14.1. The van der Waals surface area contributed by atoms with Gasteiger partial charge in [-0.15, -0.1) is 0 Å². The molecule has 1 N–H and O–H groups in total. The van der Waals surface area contributed by atoms with Crippen LogP contribution in [0.3, 0.4) is 0 Å². The first-order chi connectivity index (χ1) is 19.6. The molecule has 0 aliphatic carbocycles. The van der Waals surface area contributed by atoms with Gasteiger partial charge in [0.2, 0.25) is 0 Å². The number of carbonyl (C=O) groups excluding carboxylic acids is 1. The van der Waals surface area contributed by atoms with Gasteiger partial charge in [-0.1, -0.05) is 48.5 Å². The Balaban J connectivity index is 1.35. The van der Waals surface area contributed by atoms with E-state index in [-0.39, 0.29) is 5.57 Å². The molecule has 7 nitrogen and oxygen atoms in total. The van der Waals surface area contributed by atoms with E-state index in [1.54, 1.807) is 55.6 Å². The van der Waals surface area contributed by atoms with Crippen LogP contribution >= 0.6 is 0 Å². The fraction of sp³-hybridized carbons (Fsp3) is 0.152. The molecule has 4 rings (SSSR count). The van der Waals surface area contributed by atoms with Crippen LogP contribution in [0.2, 0.25) is 0 Å². The van der Waals surface area contributed by atoms with E-state index in [1.165, 1.54) is 6.08 Å². The lowest BCUT2D eigenvalue weighted by Gasteiger charge is -2.14. The SMILES string of the molecule is CCOc1cc(COc2ccc(/C=C(/C#N)C(=O)Nc3ccc(OC)cc3)cc2)ccc1OCc1ccccc1. The van der Waals surface area contributed by atoms with E-state index in [0.29, 0.717) is 54.1 Å². The minimum Gasteiger partial charge on any atom is -0.497 e. The molecule has 0 aliphatic rings. The molecule has 0 unspecified atom stereocenters. The number of methoxy groups -OCH3 is 1. The number of amides is 1. The number of carbonyl (C=O) groups is 1. The molecule has 0 radical (unpaired) electrons. The van der Waals surface area contributed by atoms with Crippen LogP contribution in [0.15, 0.2) is 103 Å². The van der Waals surface area contributed by atoms with Gasteiger partial charge < -0.3 is 24.3 Å². The first-order valence-electron chi connectivity index (χ1n) is 12.8. The van der Waals surface area contributed by atoms with Crippen LogP contribution < -0.4 is 24.3 Å². The smallest absolute Gasteiger partial charge is 0.266 e. The van der Waals surface area contributed by atoms with Gasteiger partial charge in [0.25, 0.3) is 5.91 Å². The monoisotopic (exact) mass is 534 g/mol. The number of rotatable bonds is 12. The predicted molar refractivity (Wildman–Crippen MR) is 154 cm³/mol. The van der Waals surface area contributed by atoms with Crippen LogP contribution in [0.25, 0.3) is 6.08 Å². The molecule has 4 aromatic carbocycles. The number of ether oxygens (including phenoxy) is 4. The molecule has 4 aromatic rings. The fourth-order valence-electron chi connectivity index (χ4n) is 3.78. The van der Waals surface area contributed by atoms with Gasteiger partial charge in [0.15, 0.2) is 11.5 Å². The average molecular weight is 535 g/mol.